The van der Waals surface area contributed by atoms with Gasteiger partial charge in [-0.2, -0.15) is 4.98 Å². The summed E-state index contributed by atoms with van der Waals surface area (Å²) in [5.74, 6) is 2.72. The second-order valence-electron chi connectivity index (χ2n) is 3.54. The lowest BCUT2D eigenvalue weighted by molar-refractivity contribution is 0.387. The van der Waals surface area contributed by atoms with Gasteiger partial charge >= 0.3 is 0 Å². The van der Waals surface area contributed by atoms with Gasteiger partial charge < -0.3 is 15.2 Å². The molecule has 7 nitrogen and oxygen atoms in total. The van der Waals surface area contributed by atoms with Crippen molar-refractivity contribution in [1.29, 1.82) is 0 Å². The maximum atomic E-state index is 4.89. The molecule has 0 fully saturated rings. The second-order valence-corrected chi connectivity index (χ2v) is 4.33. The molecule has 2 aromatic rings. The number of hydrogen-bond acceptors (Lipinski definition) is 7. The molecule has 0 amide bonds. The van der Waals surface area contributed by atoms with E-state index in [1.807, 2.05) is 0 Å². The van der Waals surface area contributed by atoms with Gasteiger partial charge in [-0.3, -0.25) is 0 Å². The molecule has 0 saturated heterocycles. The molecular weight excluding hydrogens is 300 g/mol. The molecule has 0 aliphatic carbocycles. The third kappa shape index (κ3) is 2.95. The minimum atomic E-state index is 0.575. The summed E-state index contributed by atoms with van der Waals surface area (Å²) in [6, 6.07) is 0. The lowest BCUT2D eigenvalue weighted by Crippen LogP contribution is -2.09. The molecule has 0 saturated carbocycles. The maximum absolute atomic E-state index is 4.89. The van der Waals surface area contributed by atoms with Crippen LogP contribution in [0.5, 0.6) is 0 Å². The van der Waals surface area contributed by atoms with Crippen LogP contribution in [0.25, 0.3) is 0 Å². The van der Waals surface area contributed by atoms with E-state index in [0.717, 1.165) is 16.1 Å². The molecule has 18 heavy (non-hydrogen) atoms. The molecule has 0 aliphatic heterocycles. The predicted octanol–water partition coefficient (Wildman–Crippen LogP) is 1.63. The minimum Gasteiger partial charge on any atom is -0.372 e. The fourth-order valence-corrected chi connectivity index (χ4v) is 1.95. The number of nitrogens with zero attached hydrogens (tertiary/aromatic N) is 4. The molecule has 0 radical (unpaired) electrons. The molecule has 0 aliphatic rings. The Hall–Kier alpha value is -1.70. The smallest absolute Gasteiger partial charge is 0.223 e. The van der Waals surface area contributed by atoms with Gasteiger partial charge in [-0.15, -0.1) is 0 Å². The van der Waals surface area contributed by atoms with Crippen molar-refractivity contribution in [3.8, 4) is 0 Å². The third-order valence-corrected chi connectivity index (χ3v) is 2.99. The van der Waals surface area contributed by atoms with Crippen molar-refractivity contribution >= 4 is 27.6 Å². The first kappa shape index (κ1) is 12.7. The highest BCUT2D eigenvalue weighted by atomic mass is 79.9. The van der Waals surface area contributed by atoms with E-state index in [0.29, 0.717) is 24.7 Å². The van der Waals surface area contributed by atoms with Gasteiger partial charge in [0.15, 0.2) is 5.82 Å². The summed E-state index contributed by atoms with van der Waals surface area (Å²) >= 11 is 3.43. The standard InChI is InChI=1S/C10H13BrN6O/c1-6-16-7(17-18-6)3-4-13-10-8(11)9(12-2)14-5-15-10/h5H,3-4H2,1-2H3,(H2,12,13,14,15). The molecule has 0 spiro atoms. The number of aromatic nitrogens is 4. The van der Waals surface area contributed by atoms with Crippen molar-refractivity contribution < 1.29 is 4.52 Å². The largest absolute Gasteiger partial charge is 0.372 e. The third-order valence-electron chi connectivity index (χ3n) is 2.24. The Bertz CT molecular complexity index is 529. The van der Waals surface area contributed by atoms with E-state index >= 15 is 0 Å². The number of anilines is 2. The number of nitrogens with one attached hydrogen (secondary N) is 2. The molecule has 8 heteroatoms. The summed E-state index contributed by atoms with van der Waals surface area (Å²) in [5, 5.41) is 9.98. The molecule has 0 unspecified atom stereocenters. The summed E-state index contributed by atoms with van der Waals surface area (Å²) in [4.78, 5) is 12.4. The fourth-order valence-electron chi connectivity index (χ4n) is 1.40. The van der Waals surface area contributed by atoms with Crippen molar-refractivity contribution in [2.24, 2.45) is 0 Å². The van der Waals surface area contributed by atoms with Crippen molar-refractivity contribution in [2.45, 2.75) is 13.3 Å². The monoisotopic (exact) mass is 312 g/mol. The highest BCUT2D eigenvalue weighted by Crippen LogP contribution is 2.25. The summed E-state index contributed by atoms with van der Waals surface area (Å²) in [5.41, 5.74) is 0. The van der Waals surface area contributed by atoms with Crippen molar-refractivity contribution in [3.05, 3.63) is 22.5 Å². The highest BCUT2D eigenvalue weighted by molar-refractivity contribution is 9.10. The van der Waals surface area contributed by atoms with Crippen LogP contribution in [-0.4, -0.2) is 33.7 Å². The Kier molecular flexibility index (Phi) is 4.08. The average Bonchev–Trinajstić information content (AvgIpc) is 2.77. The Morgan fingerprint density at radius 1 is 1.33 bits per heavy atom. The predicted molar refractivity (Wildman–Crippen MR) is 70.5 cm³/mol. The lowest BCUT2D eigenvalue weighted by Gasteiger charge is -2.08. The van der Waals surface area contributed by atoms with Crippen molar-refractivity contribution in [1.82, 2.24) is 20.1 Å². The van der Waals surface area contributed by atoms with Gasteiger partial charge in [0.1, 0.15) is 22.4 Å². The van der Waals surface area contributed by atoms with E-state index in [9.17, 15) is 0 Å². The van der Waals surface area contributed by atoms with E-state index in [-0.39, 0.29) is 0 Å². The van der Waals surface area contributed by atoms with Crippen LogP contribution < -0.4 is 10.6 Å². The average molecular weight is 313 g/mol. The first-order chi connectivity index (χ1) is 8.70. The van der Waals surface area contributed by atoms with Crippen LogP contribution in [0.4, 0.5) is 11.6 Å². The highest BCUT2D eigenvalue weighted by Gasteiger charge is 2.07. The van der Waals surface area contributed by atoms with Gasteiger partial charge in [-0.1, -0.05) is 5.16 Å². The van der Waals surface area contributed by atoms with Gasteiger partial charge in [-0.25, -0.2) is 9.97 Å². The van der Waals surface area contributed by atoms with E-state index in [2.05, 4.69) is 46.7 Å². The van der Waals surface area contributed by atoms with E-state index in [1.165, 1.54) is 6.33 Å². The van der Waals surface area contributed by atoms with Gasteiger partial charge in [0, 0.05) is 26.9 Å². The van der Waals surface area contributed by atoms with Crippen LogP contribution in [-0.2, 0) is 6.42 Å². The first-order valence-corrected chi connectivity index (χ1v) is 6.21. The summed E-state index contributed by atoms with van der Waals surface area (Å²) in [7, 11) is 1.80. The molecule has 0 aromatic carbocycles. The quantitative estimate of drug-likeness (QED) is 0.867. The summed E-state index contributed by atoms with van der Waals surface area (Å²) < 4.78 is 5.70. The van der Waals surface area contributed by atoms with Crippen LogP contribution >= 0.6 is 15.9 Å². The molecule has 2 N–H and O–H groups in total. The summed E-state index contributed by atoms with van der Waals surface area (Å²) in [6.07, 6.45) is 2.17. The van der Waals surface area contributed by atoms with Gasteiger partial charge in [-0.05, 0) is 15.9 Å². The Labute approximate surface area is 113 Å². The van der Waals surface area contributed by atoms with Gasteiger partial charge in [0.2, 0.25) is 5.89 Å². The van der Waals surface area contributed by atoms with Crippen LogP contribution in [0, 0.1) is 6.92 Å². The second kappa shape index (κ2) is 5.76. The molecule has 2 aromatic heterocycles. The minimum absolute atomic E-state index is 0.575. The van der Waals surface area contributed by atoms with Crippen LogP contribution in [0.1, 0.15) is 11.7 Å². The molecule has 96 valence electrons. The Morgan fingerprint density at radius 2 is 2.11 bits per heavy atom. The van der Waals surface area contributed by atoms with Crippen molar-refractivity contribution in [2.75, 3.05) is 24.2 Å². The first-order valence-electron chi connectivity index (χ1n) is 5.42. The SMILES string of the molecule is CNc1ncnc(NCCc2noc(C)n2)c1Br. The molecule has 0 atom stereocenters. The maximum Gasteiger partial charge on any atom is 0.223 e. The lowest BCUT2D eigenvalue weighted by atomic mass is 10.4. The molecular formula is C10H13BrN6O. The number of rotatable bonds is 5. The zero-order valence-corrected chi connectivity index (χ0v) is 11.7. The zero-order valence-electron chi connectivity index (χ0n) is 10.1. The zero-order chi connectivity index (χ0) is 13.0. The van der Waals surface area contributed by atoms with Gasteiger partial charge in [0.05, 0.1) is 0 Å². The topological polar surface area (TPSA) is 88.8 Å². The molecule has 0 bridgehead atoms. The van der Waals surface area contributed by atoms with E-state index < -0.39 is 0 Å². The Balaban J connectivity index is 1.94. The van der Waals surface area contributed by atoms with Crippen LogP contribution in [0.2, 0.25) is 0 Å². The summed E-state index contributed by atoms with van der Waals surface area (Å²) in [6.45, 7) is 2.43. The molecule has 2 heterocycles. The molecule has 2 rings (SSSR count). The normalized spacial score (nSPS) is 10.4. The van der Waals surface area contributed by atoms with E-state index in [1.54, 1.807) is 14.0 Å². The number of aryl methyl sites for hydroxylation is 1. The number of halogens is 1. The van der Waals surface area contributed by atoms with Crippen LogP contribution in [0.3, 0.4) is 0 Å². The van der Waals surface area contributed by atoms with Gasteiger partial charge in [0.25, 0.3) is 0 Å². The number of hydrogen-bond donors (Lipinski definition) is 2. The Morgan fingerprint density at radius 3 is 2.78 bits per heavy atom. The van der Waals surface area contributed by atoms with Crippen LogP contribution in [0.15, 0.2) is 15.3 Å². The van der Waals surface area contributed by atoms with Crippen molar-refractivity contribution in [3.63, 3.8) is 0 Å². The van der Waals surface area contributed by atoms with E-state index in [4.69, 9.17) is 4.52 Å². The fraction of sp³-hybridized carbons (Fsp3) is 0.400.